The SMILES string of the molecule is CCn1c(SCc2ccc(C#N)cc2)nnc1-c1cn(CC)c2ccccc12. The van der Waals surface area contributed by atoms with Crippen molar-refractivity contribution in [1.29, 1.82) is 5.26 Å². The molecule has 0 fully saturated rings. The minimum absolute atomic E-state index is 0.681. The molecule has 4 aromatic rings. The van der Waals surface area contributed by atoms with Gasteiger partial charge in [-0.15, -0.1) is 10.2 Å². The van der Waals surface area contributed by atoms with Gasteiger partial charge in [0.2, 0.25) is 0 Å². The number of aromatic nitrogens is 4. The van der Waals surface area contributed by atoms with Gasteiger partial charge in [0.1, 0.15) is 0 Å². The topological polar surface area (TPSA) is 59.4 Å². The summed E-state index contributed by atoms with van der Waals surface area (Å²) in [6, 6.07) is 18.3. The van der Waals surface area contributed by atoms with Gasteiger partial charge >= 0.3 is 0 Å². The third-order valence-corrected chi connectivity index (χ3v) is 5.89. The van der Waals surface area contributed by atoms with Crippen LogP contribution in [0.2, 0.25) is 0 Å². The molecule has 0 radical (unpaired) electrons. The lowest BCUT2D eigenvalue weighted by molar-refractivity contribution is 0.687. The number of benzene rings is 2. The molecule has 0 aliphatic rings. The highest BCUT2D eigenvalue weighted by Gasteiger charge is 2.18. The zero-order valence-electron chi connectivity index (χ0n) is 16.0. The third kappa shape index (κ3) is 3.30. The lowest BCUT2D eigenvalue weighted by atomic mass is 10.1. The molecule has 0 bridgehead atoms. The molecular weight excluding hydrogens is 366 g/mol. The second-order valence-corrected chi connectivity index (χ2v) is 7.44. The fraction of sp³-hybridized carbons (Fsp3) is 0.227. The molecular formula is C22H21N5S. The van der Waals surface area contributed by atoms with E-state index in [1.807, 2.05) is 24.3 Å². The zero-order chi connectivity index (χ0) is 19.5. The van der Waals surface area contributed by atoms with Crippen molar-refractivity contribution in [3.05, 3.63) is 65.9 Å². The van der Waals surface area contributed by atoms with E-state index < -0.39 is 0 Å². The highest BCUT2D eigenvalue weighted by Crippen LogP contribution is 2.32. The monoisotopic (exact) mass is 387 g/mol. The molecule has 2 heterocycles. The second kappa shape index (κ2) is 7.91. The summed E-state index contributed by atoms with van der Waals surface area (Å²) in [5.74, 6) is 1.70. The van der Waals surface area contributed by atoms with Crippen LogP contribution < -0.4 is 0 Å². The first-order chi connectivity index (χ1) is 13.7. The van der Waals surface area contributed by atoms with Crippen LogP contribution in [0.1, 0.15) is 25.0 Å². The molecule has 5 nitrogen and oxygen atoms in total. The summed E-state index contributed by atoms with van der Waals surface area (Å²) in [6.07, 6.45) is 2.18. The maximum Gasteiger partial charge on any atom is 0.191 e. The average Bonchev–Trinajstić information content (AvgIpc) is 3.33. The number of fused-ring (bicyclic) bond motifs is 1. The molecule has 0 saturated heterocycles. The van der Waals surface area contributed by atoms with Crippen LogP contribution in [-0.2, 0) is 18.8 Å². The molecule has 28 heavy (non-hydrogen) atoms. The van der Waals surface area contributed by atoms with Crippen LogP contribution in [-0.4, -0.2) is 19.3 Å². The van der Waals surface area contributed by atoms with Gasteiger partial charge in [0, 0.05) is 41.5 Å². The Morgan fingerprint density at radius 3 is 2.50 bits per heavy atom. The Kier molecular flexibility index (Phi) is 5.18. The standard InChI is InChI=1S/C22H21N5S/c1-3-26-14-19(18-7-5-6-8-20(18)26)21-24-25-22(27(21)4-2)28-15-17-11-9-16(13-23)10-12-17/h5-12,14H,3-4,15H2,1-2H3. The first-order valence-electron chi connectivity index (χ1n) is 9.38. The highest BCUT2D eigenvalue weighted by atomic mass is 32.2. The highest BCUT2D eigenvalue weighted by molar-refractivity contribution is 7.98. The predicted molar refractivity (Wildman–Crippen MR) is 113 cm³/mol. The van der Waals surface area contributed by atoms with E-state index in [9.17, 15) is 0 Å². The molecule has 4 rings (SSSR count). The third-order valence-electron chi connectivity index (χ3n) is 4.85. The lowest BCUT2D eigenvalue weighted by Gasteiger charge is -2.07. The van der Waals surface area contributed by atoms with Crippen molar-refractivity contribution in [2.24, 2.45) is 0 Å². The van der Waals surface area contributed by atoms with Crippen LogP contribution in [0.3, 0.4) is 0 Å². The summed E-state index contributed by atoms with van der Waals surface area (Å²) in [7, 11) is 0. The normalized spacial score (nSPS) is 11.0. The molecule has 2 aromatic carbocycles. The molecule has 0 N–H and O–H groups in total. The maximum absolute atomic E-state index is 8.93. The van der Waals surface area contributed by atoms with Gasteiger partial charge in [0.25, 0.3) is 0 Å². The van der Waals surface area contributed by atoms with Crippen LogP contribution in [0.4, 0.5) is 0 Å². The number of thioether (sulfide) groups is 1. The number of rotatable bonds is 6. The van der Waals surface area contributed by atoms with Gasteiger partial charge in [0.15, 0.2) is 11.0 Å². The van der Waals surface area contributed by atoms with E-state index in [0.29, 0.717) is 5.56 Å². The minimum Gasteiger partial charge on any atom is -0.347 e. The number of para-hydroxylation sites is 1. The Morgan fingerprint density at radius 1 is 1.00 bits per heavy atom. The van der Waals surface area contributed by atoms with Gasteiger partial charge < -0.3 is 9.13 Å². The molecule has 6 heteroatoms. The second-order valence-electron chi connectivity index (χ2n) is 6.49. The lowest BCUT2D eigenvalue weighted by Crippen LogP contribution is -1.99. The van der Waals surface area contributed by atoms with E-state index in [-0.39, 0.29) is 0 Å². The van der Waals surface area contributed by atoms with Crippen molar-refractivity contribution < 1.29 is 0 Å². The molecule has 0 saturated carbocycles. The van der Waals surface area contributed by atoms with Crippen molar-refractivity contribution in [1.82, 2.24) is 19.3 Å². The smallest absolute Gasteiger partial charge is 0.191 e. The van der Waals surface area contributed by atoms with Gasteiger partial charge in [-0.2, -0.15) is 5.26 Å². The van der Waals surface area contributed by atoms with E-state index in [4.69, 9.17) is 5.26 Å². The molecule has 0 unspecified atom stereocenters. The molecule has 140 valence electrons. The summed E-state index contributed by atoms with van der Waals surface area (Å²) in [4.78, 5) is 0. The number of hydrogen-bond donors (Lipinski definition) is 0. The van der Waals surface area contributed by atoms with Crippen LogP contribution in [0.5, 0.6) is 0 Å². The van der Waals surface area contributed by atoms with Crippen LogP contribution in [0, 0.1) is 11.3 Å². The van der Waals surface area contributed by atoms with Gasteiger partial charge in [0.05, 0.1) is 11.6 Å². The van der Waals surface area contributed by atoms with E-state index in [1.54, 1.807) is 11.8 Å². The molecule has 0 aliphatic carbocycles. The average molecular weight is 388 g/mol. The number of nitrogens with zero attached hydrogens (tertiary/aromatic N) is 5. The number of nitriles is 1. The summed E-state index contributed by atoms with van der Waals surface area (Å²) in [6.45, 7) is 6.00. The van der Waals surface area contributed by atoms with Crippen LogP contribution >= 0.6 is 11.8 Å². The van der Waals surface area contributed by atoms with E-state index in [2.05, 4.69) is 69.7 Å². The Morgan fingerprint density at radius 2 is 1.79 bits per heavy atom. The first-order valence-corrected chi connectivity index (χ1v) is 10.4. The van der Waals surface area contributed by atoms with Crippen molar-refractivity contribution in [2.45, 2.75) is 37.8 Å². The molecule has 0 spiro atoms. The molecule has 0 amide bonds. The Hall–Kier alpha value is -3.04. The first kappa shape index (κ1) is 18.3. The number of hydrogen-bond acceptors (Lipinski definition) is 4. The van der Waals surface area contributed by atoms with E-state index in [0.717, 1.165) is 35.4 Å². The Bertz CT molecular complexity index is 1150. The van der Waals surface area contributed by atoms with Crippen LogP contribution in [0.25, 0.3) is 22.3 Å². The molecule has 0 aliphatic heterocycles. The largest absolute Gasteiger partial charge is 0.347 e. The zero-order valence-corrected chi connectivity index (χ0v) is 16.8. The van der Waals surface area contributed by atoms with Crippen molar-refractivity contribution in [2.75, 3.05) is 0 Å². The fourth-order valence-corrected chi connectivity index (χ4v) is 4.35. The summed E-state index contributed by atoms with van der Waals surface area (Å²) < 4.78 is 4.43. The molecule has 2 aromatic heterocycles. The maximum atomic E-state index is 8.93. The van der Waals surface area contributed by atoms with Crippen molar-refractivity contribution in [3.63, 3.8) is 0 Å². The summed E-state index contributed by atoms with van der Waals surface area (Å²) >= 11 is 1.67. The van der Waals surface area contributed by atoms with Crippen molar-refractivity contribution >= 4 is 22.7 Å². The Labute approximate surface area is 168 Å². The van der Waals surface area contributed by atoms with E-state index >= 15 is 0 Å². The van der Waals surface area contributed by atoms with Crippen molar-refractivity contribution in [3.8, 4) is 17.5 Å². The van der Waals surface area contributed by atoms with E-state index in [1.165, 1.54) is 16.5 Å². The quantitative estimate of drug-likeness (QED) is 0.432. The van der Waals surface area contributed by atoms with Gasteiger partial charge in [-0.3, -0.25) is 0 Å². The summed E-state index contributed by atoms with van der Waals surface area (Å²) in [5.41, 5.74) is 4.19. The van der Waals surface area contributed by atoms with Gasteiger partial charge in [-0.25, -0.2) is 0 Å². The summed E-state index contributed by atoms with van der Waals surface area (Å²) in [5, 5.41) is 20.0. The fourth-order valence-electron chi connectivity index (χ4n) is 3.39. The predicted octanol–water partition coefficient (Wildman–Crippen LogP) is 5.10. The van der Waals surface area contributed by atoms with Crippen LogP contribution in [0.15, 0.2) is 59.9 Å². The molecule has 0 atom stereocenters. The minimum atomic E-state index is 0.681. The number of aryl methyl sites for hydroxylation is 1. The Balaban J connectivity index is 1.65. The van der Waals surface area contributed by atoms with Gasteiger partial charge in [-0.1, -0.05) is 42.1 Å². The van der Waals surface area contributed by atoms with Gasteiger partial charge in [-0.05, 0) is 37.6 Å².